The maximum Gasteiger partial charge on any atom is 0.253 e. The molecule has 104 valence electrons. The third kappa shape index (κ3) is 3.63. The third-order valence-corrected chi connectivity index (χ3v) is 4.09. The monoisotopic (exact) mass is 280 g/mol. The normalized spacial score (nSPS) is 22.3. The highest BCUT2D eigenvalue weighted by Crippen LogP contribution is 2.29. The first kappa shape index (κ1) is 14.2. The molecule has 0 radical (unpaired) electrons. The summed E-state index contributed by atoms with van der Waals surface area (Å²) >= 11 is 5.96. The lowest BCUT2D eigenvalue weighted by atomic mass is 10.1. The Balaban J connectivity index is 1.97. The summed E-state index contributed by atoms with van der Waals surface area (Å²) in [6.45, 7) is 3.04. The lowest BCUT2D eigenvalue weighted by Gasteiger charge is -2.13. The van der Waals surface area contributed by atoms with Crippen LogP contribution in [-0.4, -0.2) is 19.5 Å². The van der Waals surface area contributed by atoms with Crippen molar-refractivity contribution in [3.63, 3.8) is 0 Å². The van der Waals surface area contributed by atoms with Gasteiger partial charge in [-0.25, -0.2) is 0 Å². The van der Waals surface area contributed by atoms with Crippen LogP contribution in [0, 0.1) is 11.8 Å². The second-order valence-corrected chi connectivity index (χ2v) is 5.87. The Morgan fingerprint density at radius 1 is 1.42 bits per heavy atom. The molecular weight excluding hydrogens is 260 g/mol. The van der Waals surface area contributed by atoms with Gasteiger partial charge in [-0.2, -0.15) is 0 Å². The molecular formula is C15H21ClN2O. The maximum atomic E-state index is 12.2. The topological polar surface area (TPSA) is 41.1 Å². The molecule has 0 aromatic heterocycles. The van der Waals surface area contributed by atoms with Gasteiger partial charge in [-0.05, 0) is 42.9 Å². The van der Waals surface area contributed by atoms with E-state index < -0.39 is 0 Å². The Morgan fingerprint density at radius 3 is 2.84 bits per heavy atom. The fourth-order valence-corrected chi connectivity index (χ4v) is 2.94. The van der Waals surface area contributed by atoms with Crippen molar-refractivity contribution >= 4 is 23.2 Å². The van der Waals surface area contributed by atoms with Crippen LogP contribution < -0.4 is 10.6 Å². The molecule has 0 saturated heterocycles. The van der Waals surface area contributed by atoms with Gasteiger partial charge < -0.3 is 10.6 Å². The lowest BCUT2D eigenvalue weighted by molar-refractivity contribution is 0.0948. The zero-order valence-electron chi connectivity index (χ0n) is 11.5. The molecule has 4 heteroatoms. The van der Waals surface area contributed by atoms with E-state index >= 15 is 0 Å². The Labute approximate surface area is 119 Å². The summed E-state index contributed by atoms with van der Waals surface area (Å²) in [6.07, 6.45) is 3.71. The molecule has 1 aliphatic rings. The summed E-state index contributed by atoms with van der Waals surface area (Å²) in [5.41, 5.74) is 1.42. The van der Waals surface area contributed by atoms with Gasteiger partial charge in [-0.15, -0.1) is 0 Å². The summed E-state index contributed by atoms with van der Waals surface area (Å²) in [5, 5.41) is 6.63. The van der Waals surface area contributed by atoms with Gasteiger partial charge in [-0.3, -0.25) is 4.79 Å². The first-order valence-electron chi connectivity index (χ1n) is 6.85. The van der Waals surface area contributed by atoms with E-state index in [9.17, 15) is 4.79 Å². The molecule has 0 bridgehead atoms. The van der Waals surface area contributed by atoms with Crippen molar-refractivity contribution in [3.8, 4) is 0 Å². The second kappa shape index (κ2) is 6.29. The number of carbonyl (C=O) groups excluding carboxylic acids is 1. The zero-order valence-corrected chi connectivity index (χ0v) is 12.3. The second-order valence-electron chi connectivity index (χ2n) is 5.43. The van der Waals surface area contributed by atoms with Crippen molar-refractivity contribution in [1.29, 1.82) is 0 Å². The van der Waals surface area contributed by atoms with Gasteiger partial charge >= 0.3 is 0 Å². The van der Waals surface area contributed by atoms with E-state index in [-0.39, 0.29) is 5.91 Å². The lowest BCUT2D eigenvalue weighted by Crippen LogP contribution is -2.29. The number of carbonyl (C=O) groups is 1. The Bertz CT molecular complexity index is 461. The SMILES string of the molecule is CNc1ccc(Cl)cc1C(=O)NCC1CCC(C)C1. The Morgan fingerprint density at radius 2 is 2.21 bits per heavy atom. The number of hydrogen-bond donors (Lipinski definition) is 2. The number of hydrogen-bond acceptors (Lipinski definition) is 2. The first-order chi connectivity index (χ1) is 9.10. The molecule has 0 heterocycles. The predicted molar refractivity (Wildman–Crippen MR) is 79.8 cm³/mol. The third-order valence-electron chi connectivity index (χ3n) is 3.85. The molecule has 1 amide bonds. The molecule has 1 saturated carbocycles. The first-order valence-corrected chi connectivity index (χ1v) is 7.23. The Hall–Kier alpha value is -1.22. The minimum absolute atomic E-state index is 0.0496. The zero-order chi connectivity index (χ0) is 13.8. The molecule has 3 nitrogen and oxygen atoms in total. The highest BCUT2D eigenvalue weighted by atomic mass is 35.5. The average Bonchev–Trinajstić information content (AvgIpc) is 2.81. The fraction of sp³-hybridized carbons (Fsp3) is 0.533. The van der Waals surface area contributed by atoms with Crippen LogP contribution in [0.15, 0.2) is 18.2 Å². The number of anilines is 1. The largest absolute Gasteiger partial charge is 0.387 e. The Kier molecular flexibility index (Phi) is 4.70. The van der Waals surface area contributed by atoms with Crippen LogP contribution in [0.25, 0.3) is 0 Å². The molecule has 19 heavy (non-hydrogen) atoms. The average molecular weight is 281 g/mol. The quantitative estimate of drug-likeness (QED) is 0.886. The van der Waals surface area contributed by atoms with Crippen LogP contribution in [0.3, 0.4) is 0 Å². The molecule has 1 aliphatic carbocycles. The van der Waals surface area contributed by atoms with E-state index in [0.29, 0.717) is 16.5 Å². The fourth-order valence-electron chi connectivity index (χ4n) is 2.76. The van der Waals surface area contributed by atoms with Gasteiger partial charge in [0.2, 0.25) is 0 Å². The van der Waals surface area contributed by atoms with Gasteiger partial charge in [0.15, 0.2) is 0 Å². The van der Waals surface area contributed by atoms with Crippen LogP contribution in [0.2, 0.25) is 5.02 Å². The number of halogens is 1. The van der Waals surface area contributed by atoms with Gasteiger partial charge in [0.1, 0.15) is 0 Å². The maximum absolute atomic E-state index is 12.2. The van der Waals surface area contributed by atoms with Gasteiger partial charge in [0.25, 0.3) is 5.91 Å². The van der Waals surface area contributed by atoms with E-state index in [1.807, 2.05) is 6.07 Å². The summed E-state index contributed by atoms with van der Waals surface area (Å²) in [7, 11) is 1.80. The van der Waals surface area contributed by atoms with Crippen molar-refractivity contribution in [2.45, 2.75) is 26.2 Å². The molecule has 1 fully saturated rings. The van der Waals surface area contributed by atoms with Crippen molar-refractivity contribution in [2.75, 3.05) is 18.9 Å². The van der Waals surface area contributed by atoms with Gasteiger partial charge in [0.05, 0.1) is 5.56 Å². The van der Waals surface area contributed by atoms with Crippen LogP contribution in [-0.2, 0) is 0 Å². The highest BCUT2D eigenvalue weighted by Gasteiger charge is 2.22. The van der Waals surface area contributed by atoms with Crippen molar-refractivity contribution in [2.24, 2.45) is 11.8 Å². The molecule has 0 spiro atoms. The van der Waals surface area contributed by atoms with Gasteiger partial charge in [-0.1, -0.05) is 24.9 Å². The van der Waals surface area contributed by atoms with E-state index in [1.54, 1.807) is 19.2 Å². The van der Waals surface area contributed by atoms with E-state index in [0.717, 1.165) is 18.2 Å². The van der Waals surface area contributed by atoms with Crippen LogP contribution in [0.1, 0.15) is 36.5 Å². The van der Waals surface area contributed by atoms with Gasteiger partial charge in [0, 0.05) is 24.3 Å². The number of benzene rings is 1. The molecule has 2 rings (SSSR count). The smallest absolute Gasteiger partial charge is 0.253 e. The van der Waals surface area contributed by atoms with Crippen molar-refractivity contribution < 1.29 is 4.79 Å². The molecule has 2 unspecified atom stereocenters. The van der Waals surface area contributed by atoms with E-state index in [1.165, 1.54) is 19.3 Å². The summed E-state index contributed by atoms with van der Waals surface area (Å²) in [5.74, 6) is 1.36. The number of amides is 1. The summed E-state index contributed by atoms with van der Waals surface area (Å²) in [6, 6.07) is 5.32. The van der Waals surface area contributed by atoms with Crippen LogP contribution >= 0.6 is 11.6 Å². The minimum atomic E-state index is -0.0496. The number of nitrogens with one attached hydrogen (secondary N) is 2. The van der Waals surface area contributed by atoms with E-state index in [4.69, 9.17) is 11.6 Å². The minimum Gasteiger partial charge on any atom is -0.387 e. The molecule has 1 aromatic carbocycles. The summed E-state index contributed by atoms with van der Waals surface area (Å²) < 4.78 is 0. The van der Waals surface area contributed by atoms with Crippen LogP contribution in [0.4, 0.5) is 5.69 Å². The van der Waals surface area contributed by atoms with Crippen molar-refractivity contribution in [3.05, 3.63) is 28.8 Å². The molecule has 2 atom stereocenters. The molecule has 2 N–H and O–H groups in total. The van der Waals surface area contributed by atoms with E-state index in [2.05, 4.69) is 17.6 Å². The molecule has 1 aromatic rings. The number of rotatable bonds is 4. The summed E-state index contributed by atoms with van der Waals surface area (Å²) in [4.78, 5) is 12.2. The predicted octanol–water partition coefficient (Wildman–Crippen LogP) is 3.55. The van der Waals surface area contributed by atoms with Crippen LogP contribution in [0.5, 0.6) is 0 Å². The standard InChI is InChI=1S/C15H21ClN2O/c1-10-3-4-11(7-10)9-18-15(19)13-8-12(16)5-6-14(13)17-2/h5-6,8,10-11,17H,3-4,7,9H2,1-2H3,(H,18,19). The highest BCUT2D eigenvalue weighted by molar-refractivity contribution is 6.31. The van der Waals surface area contributed by atoms with Crippen molar-refractivity contribution in [1.82, 2.24) is 5.32 Å². The molecule has 0 aliphatic heterocycles.